The third-order valence-corrected chi connectivity index (χ3v) is 8.92. The first-order valence-electron chi connectivity index (χ1n) is 13.9. The van der Waals surface area contributed by atoms with Gasteiger partial charge >= 0.3 is 12.6 Å². The molecular formula is C30H31Cl2F2N3O8S. The number of halogens is 4. The van der Waals surface area contributed by atoms with Gasteiger partial charge < -0.3 is 23.8 Å². The summed E-state index contributed by atoms with van der Waals surface area (Å²) in [6, 6.07) is 7.77. The number of aromatic nitrogens is 1. The second-order valence-corrected chi connectivity index (χ2v) is 13.1. The molecule has 248 valence electrons. The fourth-order valence-electron chi connectivity index (χ4n) is 4.27. The van der Waals surface area contributed by atoms with E-state index in [1.807, 2.05) is 0 Å². The quantitative estimate of drug-likeness (QED) is 0.210. The number of alkyl halides is 2. The lowest BCUT2D eigenvalue weighted by Crippen LogP contribution is -2.32. The van der Waals surface area contributed by atoms with Crippen LogP contribution in [0.25, 0.3) is 0 Å². The first kappa shape index (κ1) is 35.1. The van der Waals surface area contributed by atoms with Crippen molar-refractivity contribution < 1.29 is 45.7 Å². The Bertz CT molecular complexity index is 1670. The van der Waals surface area contributed by atoms with Crippen molar-refractivity contribution in [2.24, 2.45) is 5.92 Å². The highest BCUT2D eigenvalue weighted by atomic mass is 35.5. The minimum Gasteiger partial charge on any atom is -0.496 e. The molecule has 1 heterocycles. The van der Waals surface area contributed by atoms with Crippen LogP contribution in [0.3, 0.4) is 0 Å². The second-order valence-electron chi connectivity index (χ2n) is 10.5. The van der Waals surface area contributed by atoms with E-state index < -0.39 is 41.2 Å². The number of carbonyl (C=O) groups is 2. The van der Waals surface area contributed by atoms with Crippen molar-refractivity contribution in [3.05, 3.63) is 75.5 Å². The summed E-state index contributed by atoms with van der Waals surface area (Å²) < 4.78 is 75.8. The van der Waals surface area contributed by atoms with E-state index in [9.17, 15) is 26.8 Å². The van der Waals surface area contributed by atoms with Crippen molar-refractivity contribution in [1.29, 1.82) is 0 Å². The normalized spacial score (nSPS) is 13.7. The Morgan fingerprint density at radius 2 is 1.72 bits per heavy atom. The third kappa shape index (κ3) is 9.18. The standard InChI is InChI=1S/C30H31Cl2F2N3O8S/c1-37(2)29(39)21-11-19(7-9-24(21)42-3)46(40,41)36-15-28(38)44-26(12-20-22(31)13-35-14-23(20)32)18-6-8-25(45-30(33)34)27(10-18)43-16-17-4-5-17/h6-11,13-14,17,26,30,36H,4-5,12,15-16H2,1-3H3/t26-/m0/s1. The molecule has 0 bridgehead atoms. The van der Waals surface area contributed by atoms with E-state index in [0.717, 1.165) is 18.9 Å². The average molecular weight is 703 g/mol. The molecule has 1 amide bonds. The molecular weight excluding hydrogens is 671 g/mol. The molecule has 1 N–H and O–H groups in total. The largest absolute Gasteiger partial charge is 0.496 e. The molecule has 3 aromatic rings. The fraction of sp³-hybridized carbons (Fsp3) is 0.367. The van der Waals surface area contributed by atoms with Crippen LogP contribution in [-0.4, -0.2) is 71.1 Å². The van der Waals surface area contributed by atoms with Gasteiger partial charge in [0.25, 0.3) is 5.91 Å². The van der Waals surface area contributed by atoms with Crippen LogP contribution in [0.4, 0.5) is 8.78 Å². The number of carbonyl (C=O) groups excluding carboxylic acids is 2. The monoisotopic (exact) mass is 701 g/mol. The van der Waals surface area contributed by atoms with E-state index in [4.69, 9.17) is 37.4 Å². The molecule has 0 unspecified atom stereocenters. The van der Waals surface area contributed by atoms with Crippen LogP contribution in [-0.2, 0) is 26.0 Å². The lowest BCUT2D eigenvalue weighted by Gasteiger charge is -2.22. The summed E-state index contributed by atoms with van der Waals surface area (Å²) >= 11 is 12.6. The summed E-state index contributed by atoms with van der Waals surface area (Å²) in [5.41, 5.74) is 0.694. The molecule has 2 aromatic carbocycles. The Labute approximate surface area is 274 Å². The van der Waals surface area contributed by atoms with Gasteiger partial charge in [-0.15, -0.1) is 0 Å². The smallest absolute Gasteiger partial charge is 0.387 e. The minimum atomic E-state index is -4.30. The molecule has 46 heavy (non-hydrogen) atoms. The van der Waals surface area contributed by atoms with Crippen LogP contribution in [0.15, 0.2) is 53.7 Å². The number of hydrogen-bond acceptors (Lipinski definition) is 9. The Balaban J connectivity index is 1.58. The maximum Gasteiger partial charge on any atom is 0.387 e. The van der Waals surface area contributed by atoms with Crippen LogP contribution in [0.1, 0.15) is 40.4 Å². The van der Waals surface area contributed by atoms with Gasteiger partial charge in [-0.1, -0.05) is 29.3 Å². The van der Waals surface area contributed by atoms with E-state index in [1.54, 1.807) is 0 Å². The highest BCUT2D eigenvalue weighted by Crippen LogP contribution is 2.38. The van der Waals surface area contributed by atoms with Crippen LogP contribution < -0.4 is 18.9 Å². The molecule has 1 aromatic heterocycles. The summed E-state index contributed by atoms with van der Waals surface area (Å²) in [5, 5.41) is 0.361. The van der Waals surface area contributed by atoms with Crippen molar-refractivity contribution >= 4 is 45.1 Å². The first-order chi connectivity index (χ1) is 21.8. The summed E-state index contributed by atoms with van der Waals surface area (Å²) in [6.45, 7) is -3.62. The number of hydrogen-bond donors (Lipinski definition) is 1. The van der Waals surface area contributed by atoms with Crippen LogP contribution >= 0.6 is 23.2 Å². The number of esters is 1. The van der Waals surface area contributed by atoms with E-state index in [-0.39, 0.29) is 50.8 Å². The fourth-order valence-corrected chi connectivity index (χ4v) is 5.78. The topological polar surface area (TPSA) is 133 Å². The number of rotatable bonds is 15. The van der Waals surface area contributed by atoms with Gasteiger partial charge in [0, 0.05) is 32.9 Å². The number of amides is 1. The van der Waals surface area contributed by atoms with E-state index >= 15 is 0 Å². The van der Waals surface area contributed by atoms with Gasteiger partial charge in [-0.2, -0.15) is 13.5 Å². The predicted molar refractivity (Wildman–Crippen MR) is 164 cm³/mol. The average Bonchev–Trinajstić information content (AvgIpc) is 3.84. The number of sulfonamides is 1. The van der Waals surface area contributed by atoms with Gasteiger partial charge in [0.05, 0.1) is 34.2 Å². The van der Waals surface area contributed by atoms with Gasteiger partial charge in [0.15, 0.2) is 11.5 Å². The molecule has 16 heteroatoms. The molecule has 1 aliphatic rings. The second kappa shape index (κ2) is 15.2. The highest BCUT2D eigenvalue weighted by Gasteiger charge is 2.27. The zero-order valence-electron chi connectivity index (χ0n) is 25.0. The van der Waals surface area contributed by atoms with Gasteiger partial charge in [-0.25, -0.2) is 8.42 Å². The molecule has 0 spiro atoms. The molecule has 0 radical (unpaired) electrons. The Kier molecular flexibility index (Phi) is 11.6. The van der Waals surface area contributed by atoms with E-state index in [0.29, 0.717) is 17.0 Å². The van der Waals surface area contributed by atoms with Gasteiger partial charge in [0.2, 0.25) is 10.0 Å². The SMILES string of the molecule is COc1ccc(S(=O)(=O)NCC(=O)O[C@@H](Cc2c(Cl)cncc2Cl)c2ccc(OC(F)F)c(OCC3CC3)c2)cc1C(=O)N(C)C. The van der Waals surface area contributed by atoms with Crippen molar-refractivity contribution in [3.8, 4) is 17.2 Å². The molecule has 1 aliphatic carbocycles. The number of methoxy groups -OCH3 is 1. The Morgan fingerprint density at radius 1 is 1.04 bits per heavy atom. The number of pyridine rings is 1. The van der Waals surface area contributed by atoms with E-state index in [2.05, 4.69) is 14.4 Å². The molecule has 0 saturated heterocycles. The molecule has 1 saturated carbocycles. The first-order valence-corrected chi connectivity index (χ1v) is 16.1. The van der Waals surface area contributed by atoms with Gasteiger partial charge in [0.1, 0.15) is 18.4 Å². The van der Waals surface area contributed by atoms with Crippen LogP contribution in [0.2, 0.25) is 10.0 Å². The van der Waals surface area contributed by atoms with Crippen LogP contribution in [0, 0.1) is 5.92 Å². The Morgan fingerprint density at radius 3 is 2.33 bits per heavy atom. The number of ether oxygens (including phenoxy) is 4. The van der Waals surface area contributed by atoms with E-state index in [1.165, 1.54) is 68.8 Å². The lowest BCUT2D eigenvalue weighted by atomic mass is 10.0. The number of nitrogens with zero attached hydrogens (tertiary/aromatic N) is 2. The zero-order chi connectivity index (χ0) is 33.6. The maximum absolute atomic E-state index is 13.1. The highest BCUT2D eigenvalue weighted by molar-refractivity contribution is 7.89. The molecule has 0 aliphatic heterocycles. The maximum atomic E-state index is 13.1. The van der Waals surface area contributed by atoms with Crippen LogP contribution in [0.5, 0.6) is 17.2 Å². The van der Waals surface area contributed by atoms with Gasteiger partial charge in [-0.05, 0) is 60.2 Å². The molecule has 11 nitrogen and oxygen atoms in total. The van der Waals surface area contributed by atoms with Crippen molar-refractivity contribution in [3.63, 3.8) is 0 Å². The number of benzene rings is 2. The molecule has 1 fully saturated rings. The van der Waals surface area contributed by atoms with Crippen molar-refractivity contribution in [2.45, 2.75) is 36.9 Å². The predicted octanol–water partition coefficient (Wildman–Crippen LogP) is 5.29. The molecule has 1 atom stereocenters. The van der Waals surface area contributed by atoms with Gasteiger partial charge in [-0.3, -0.25) is 14.6 Å². The van der Waals surface area contributed by atoms with Crippen molar-refractivity contribution in [1.82, 2.24) is 14.6 Å². The third-order valence-electron chi connectivity index (χ3n) is 6.87. The summed E-state index contributed by atoms with van der Waals surface area (Å²) in [5.74, 6) is -1.21. The summed E-state index contributed by atoms with van der Waals surface area (Å²) in [4.78, 5) is 30.6. The zero-order valence-corrected chi connectivity index (χ0v) is 27.3. The lowest BCUT2D eigenvalue weighted by molar-refractivity contribution is -0.148. The van der Waals surface area contributed by atoms with Crippen molar-refractivity contribution in [2.75, 3.05) is 34.4 Å². The number of nitrogens with one attached hydrogen (secondary N) is 1. The molecule has 4 rings (SSSR count). The Hall–Kier alpha value is -3.72. The summed E-state index contributed by atoms with van der Waals surface area (Å²) in [6.07, 6.45) is 3.40. The minimum absolute atomic E-state index is 0.00287. The summed E-state index contributed by atoms with van der Waals surface area (Å²) in [7, 11) is 0.0413.